The first-order valence-corrected chi connectivity index (χ1v) is 7.00. The Morgan fingerprint density at radius 2 is 2.14 bits per heavy atom. The number of hydrogen-bond acceptors (Lipinski definition) is 6. The lowest BCUT2D eigenvalue weighted by molar-refractivity contribution is 0.410. The predicted molar refractivity (Wildman–Crippen MR) is 82.1 cm³/mol. The summed E-state index contributed by atoms with van der Waals surface area (Å²) >= 11 is 6.18. The van der Waals surface area contributed by atoms with Crippen molar-refractivity contribution in [1.82, 2.24) is 10.2 Å². The first kappa shape index (κ1) is 14.5. The molecule has 0 bridgehead atoms. The van der Waals surface area contributed by atoms with Crippen LogP contribution in [0.25, 0.3) is 11.5 Å². The standard InChI is InChI=1S/C15H14ClN3O3/c1-9-10(6-7-21-9)14-18-19-15(22-14)17-8-11-12(16)4-3-5-13(11)20-2/h3-7H,8H2,1-2H3,(H,17,19). The molecule has 3 aromatic rings. The van der Waals surface area contributed by atoms with E-state index >= 15 is 0 Å². The fourth-order valence-corrected chi connectivity index (χ4v) is 2.31. The van der Waals surface area contributed by atoms with Crippen LogP contribution in [-0.4, -0.2) is 17.3 Å². The summed E-state index contributed by atoms with van der Waals surface area (Å²) in [5.74, 6) is 1.83. The smallest absolute Gasteiger partial charge is 0.316 e. The Labute approximate surface area is 132 Å². The summed E-state index contributed by atoms with van der Waals surface area (Å²) in [7, 11) is 1.60. The van der Waals surface area contributed by atoms with Crippen LogP contribution in [0.15, 0.2) is 39.4 Å². The van der Waals surface area contributed by atoms with Gasteiger partial charge in [-0.1, -0.05) is 22.8 Å². The van der Waals surface area contributed by atoms with E-state index in [-0.39, 0.29) is 0 Å². The Balaban J connectivity index is 1.76. The molecule has 0 aliphatic carbocycles. The third-order valence-electron chi connectivity index (χ3n) is 3.23. The van der Waals surface area contributed by atoms with Crippen LogP contribution < -0.4 is 10.1 Å². The van der Waals surface area contributed by atoms with Crippen molar-refractivity contribution in [1.29, 1.82) is 0 Å². The predicted octanol–water partition coefficient (Wildman–Crippen LogP) is 3.91. The summed E-state index contributed by atoms with van der Waals surface area (Å²) in [4.78, 5) is 0. The van der Waals surface area contributed by atoms with Crippen LogP contribution in [-0.2, 0) is 6.54 Å². The van der Waals surface area contributed by atoms with Crippen LogP contribution in [0.3, 0.4) is 0 Å². The molecule has 22 heavy (non-hydrogen) atoms. The molecule has 0 amide bonds. The molecular weight excluding hydrogens is 306 g/mol. The van der Waals surface area contributed by atoms with E-state index in [4.69, 9.17) is 25.2 Å². The molecule has 0 spiro atoms. The van der Waals surface area contributed by atoms with Gasteiger partial charge < -0.3 is 18.9 Å². The van der Waals surface area contributed by atoms with Crippen LogP contribution >= 0.6 is 11.6 Å². The molecule has 3 rings (SSSR count). The second-order valence-corrected chi connectivity index (χ2v) is 4.98. The minimum Gasteiger partial charge on any atom is -0.496 e. The molecular formula is C15H14ClN3O3. The van der Waals surface area contributed by atoms with Crippen molar-refractivity contribution in [2.75, 3.05) is 12.4 Å². The number of nitrogens with zero attached hydrogens (tertiary/aromatic N) is 2. The van der Waals surface area contributed by atoms with Gasteiger partial charge >= 0.3 is 6.01 Å². The van der Waals surface area contributed by atoms with Crippen LogP contribution in [0.2, 0.25) is 5.02 Å². The monoisotopic (exact) mass is 319 g/mol. The van der Waals surface area contributed by atoms with Crippen LogP contribution in [0.1, 0.15) is 11.3 Å². The van der Waals surface area contributed by atoms with Crippen LogP contribution in [0.5, 0.6) is 5.75 Å². The molecule has 0 aliphatic rings. The normalized spacial score (nSPS) is 10.7. The molecule has 0 saturated carbocycles. The van der Waals surface area contributed by atoms with Crippen LogP contribution in [0.4, 0.5) is 6.01 Å². The van der Waals surface area contributed by atoms with E-state index in [1.54, 1.807) is 25.5 Å². The molecule has 6 nitrogen and oxygen atoms in total. The van der Waals surface area contributed by atoms with E-state index < -0.39 is 0 Å². The number of anilines is 1. The molecule has 0 fully saturated rings. The Morgan fingerprint density at radius 3 is 2.86 bits per heavy atom. The molecule has 1 N–H and O–H groups in total. The first-order valence-electron chi connectivity index (χ1n) is 6.62. The molecule has 1 aromatic carbocycles. The molecule has 0 saturated heterocycles. The zero-order chi connectivity index (χ0) is 15.5. The van der Waals surface area contributed by atoms with Gasteiger partial charge in [0.1, 0.15) is 11.5 Å². The maximum Gasteiger partial charge on any atom is 0.316 e. The summed E-state index contributed by atoms with van der Waals surface area (Å²) in [6.45, 7) is 2.25. The van der Waals surface area contributed by atoms with Crippen molar-refractivity contribution in [2.24, 2.45) is 0 Å². The summed E-state index contributed by atoms with van der Waals surface area (Å²) in [5, 5.41) is 11.6. The summed E-state index contributed by atoms with van der Waals surface area (Å²) in [5.41, 5.74) is 1.60. The largest absolute Gasteiger partial charge is 0.496 e. The van der Waals surface area contributed by atoms with Gasteiger partial charge in [0.2, 0.25) is 0 Å². The fraction of sp³-hybridized carbons (Fsp3) is 0.200. The van der Waals surface area contributed by atoms with Gasteiger partial charge in [0, 0.05) is 17.1 Å². The van der Waals surface area contributed by atoms with Crippen molar-refractivity contribution >= 4 is 17.6 Å². The summed E-state index contributed by atoms with van der Waals surface area (Å²) in [6, 6.07) is 7.56. The SMILES string of the molecule is COc1cccc(Cl)c1CNc1nnc(-c2ccoc2C)o1. The lowest BCUT2D eigenvalue weighted by Crippen LogP contribution is -2.02. The molecule has 114 valence electrons. The number of hydrogen-bond donors (Lipinski definition) is 1. The van der Waals surface area contributed by atoms with E-state index in [1.807, 2.05) is 19.1 Å². The molecule has 0 radical (unpaired) electrons. The minimum absolute atomic E-state index is 0.303. The maximum absolute atomic E-state index is 6.18. The average Bonchev–Trinajstić information content (AvgIpc) is 3.14. The Hall–Kier alpha value is -2.47. The zero-order valence-corrected chi connectivity index (χ0v) is 12.8. The Kier molecular flexibility index (Phi) is 4.02. The highest BCUT2D eigenvalue weighted by molar-refractivity contribution is 6.31. The lowest BCUT2D eigenvalue weighted by Gasteiger charge is -2.09. The number of aryl methyl sites for hydroxylation is 1. The van der Waals surface area contributed by atoms with Crippen molar-refractivity contribution < 1.29 is 13.6 Å². The van der Waals surface area contributed by atoms with E-state index in [1.165, 1.54) is 0 Å². The number of benzene rings is 1. The van der Waals surface area contributed by atoms with E-state index in [0.29, 0.717) is 29.2 Å². The van der Waals surface area contributed by atoms with Gasteiger partial charge in [0.05, 0.1) is 18.9 Å². The third-order valence-corrected chi connectivity index (χ3v) is 3.58. The van der Waals surface area contributed by atoms with E-state index in [2.05, 4.69) is 15.5 Å². The number of aromatic nitrogens is 2. The number of rotatable bonds is 5. The molecule has 0 unspecified atom stereocenters. The third kappa shape index (κ3) is 2.78. The minimum atomic E-state index is 0.303. The number of halogens is 1. The molecule has 0 aliphatic heterocycles. The second-order valence-electron chi connectivity index (χ2n) is 4.58. The topological polar surface area (TPSA) is 73.3 Å². The van der Waals surface area contributed by atoms with Crippen LogP contribution in [0, 0.1) is 6.92 Å². The number of methoxy groups -OCH3 is 1. The highest BCUT2D eigenvalue weighted by Gasteiger charge is 2.14. The average molecular weight is 320 g/mol. The van der Waals surface area contributed by atoms with Gasteiger partial charge in [-0.15, -0.1) is 5.10 Å². The quantitative estimate of drug-likeness (QED) is 0.768. The van der Waals surface area contributed by atoms with Gasteiger partial charge in [-0.2, -0.15) is 0 Å². The van der Waals surface area contributed by atoms with Gasteiger partial charge in [-0.25, -0.2) is 0 Å². The molecule has 2 aromatic heterocycles. The fourth-order valence-electron chi connectivity index (χ4n) is 2.08. The number of ether oxygens (including phenoxy) is 1. The van der Waals surface area contributed by atoms with Gasteiger partial charge in [-0.3, -0.25) is 0 Å². The highest BCUT2D eigenvalue weighted by atomic mass is 35.5. The molecule has 7 heteroatoms. The first-order chi connectivity index (χ1) is 10.7. The Morgan fingerprint density at radius 1 is 1.27 bits per heavy atom. The van der Waals surface area contributed by atoms with Crippen molar-refractivity contribution in [2.45, 2.75) is 13.5 Å². The summed E-state index contributed by atoms with van der Waals surface area (Å²) in [6.07, 6.45) is 1.58. The maximum atomic E-state index is 6.18. The molecule has 2 heterocycles. The lowest BCUT2D eigenvalue weighted by atomic mass is 10.2. The van der Waals surface area contributed by atoms with Gasteiger partial charge in [0.15, 0.2) is 0 Å². The van der Waals surface area contributed by atoms with E-state index in [9.17, 15) is 0 Å². The van der Waals surface area contributed by atoms with Gasteiger partial charge in [-0.05, 0) is 25.1 Å². The zero-order valence-electron chi connectivity index (χ0n) is 12.1. The Bertz CT molecular complexity index is 782. The second kappa shape index (κ2) is 6.11. The number of nitrogens with one attached hydrogen (secondary N) is 1. The van der Waals surface area contributed by atoms with Gasteiger partial charge in [0.25, 0.3) is 5.89 Å². The molecule has 0 atom stereocenters. The van der Waals surface area contributed by atoms with Crippen molar-refractivity contribution in [3.63, 3.8) is 0 Å². The highest BCUT2D eigenvalue weighted by Crippen LogP contribution is 2.28. The summed E-state index contributed by atoms with van der Waals surface area (Å²) < 4.78 is 16.1. The van der Waals surface area contributed by atoms with E-state index in [0.717, 1.165) is 16.9 Å². The van der Waals surface area contributed by atoms with Crippen molar-refractivity contribution in [3.8, 4) is 17.2 Å². The van der Waals surface area contributed by atoms with Crippen molar-refractivity contribution in [3.05, 3.63) is 46.9 Å². The number of furan rings is 1.